The first-order valence-electron chi connectivity index (χ1n) is 4.11. The standard InChI is InChI=1S/C9H12N2O2/c1-6-5-8(3-4-9(12)13)7(2)11-10-6/h5H,3-4H2,1-2H3,(H,12,13). The summed E-state index contributed by atoms with van der Waals surface area (Å²) in [4.78, 5) is 10.3. The monoisotopic (exact) mass is 180 g/mol. The average Bonchev–Trinajstić information content (AvgIpc) is 2.06. The van der Waals surface area contributed by atoms with Crippen molar-refractivity contribution in [2.45, 2.75) is 26.7 Å². The first kappa shape index (κ1) is 9.64. The van der Waals surface area contributed by atoms with Gasteiger partial charge in [-0.25, -0.2) is 0 Å². The summed E-state index contributed by atoms with van der Waals surface area (Å²) < 4.78 is 0. The van der Waals surface area contributed by atoms with Crippen LogP contribution in [0.2, 0.25) is 0 Å². The molecular formula is C9H12N2O2. The molecule has 0 spiro atoms. The van der Waals surface area contributed by atoms with Crippen LogP contribution in [-0.4, -0.2) is 21.3 Å². The summed E-state index contributed by atoms with van der Waals surface area (Å²) >= 11 is 0. The predicted molar refractivity (Wildman–Crippen MR) is 47.5 cm³/mol. The molecule has 70 valence electrons. The zero-order valence-electron chi connectivity index (χ0n) is 7.74. The summed E-state index contributed by atoms with van der Waals surface area (Å²) in [5, 5.41) is 16.3. The topological polar surface area (TPSA) is 63.1 Å². The average molecular weight is 180 g/mol. The molecule has 4 heteroatoms. The van der Waals surface area contributed by atoms with Crippen LogP contribution < -0.4 is 0 Å². The van der Waals surface area contributed by atoms with Crippen molar-refractivity contribution in [2.75, 3.05) is 0 Å². The maximum Gasteiger partial charge on any atom is 0.303 e. The highest BCUT2D eigenvalue weighted by molar-refractivity contribution is 5.67. The van der Waals surface area contributed by atoms with Crippen LogP contribution in [0.25, 0.3) is 0 Å². The number of hydrogen-bond donors (Lipinski definition) is 1. The van der Waals surface area contributed by atoms with Crippen molar-refractivity contribution in [1.29, 1.82) is 0 Å². The molecule has 0 radical (unpaired) electrons. The van der Waals surface area contributed by atoms with Crippen LogP contribution in [0.3, 0.4) is 0 Å². The third-order valence-corrected chi connectivity index (χ3v) is 1.81. The fraction of sp³-hybridized carbons (Fsp3) is 0.444. The third-order valence-electron chi connectivity index (χ3n) is 1.81. The van der Waals surface area contributed by atoms with Gasteiger partial charge in [-0.1, -0.05) is 0 Å². The summed E-state index contributed by atoms with van der Waals surface area (Å²) in [7, 11) is 0. The molecule has 0 aliphatic carbocycles. The van der Waals surface area contributed by atoms with Gasteiger partial charge in [-0.3, -0.25) is 4.79 Å². The molecule has 0 amide bonds. The Morgan fingerprint density at radius 1 is 1.46 bits per heavy atom. The number of aryl methyl sites for hydroxylation is 3. The summed E-state index contributed by atoms with van der Waals surface area (Å²) in [6.45, 7) is 3.68. The predicted octanol–water partition coefficient (Wildman–Crippen LogP) is 1.11. The maximum atomic E-state index is 10.3. The van der Waals surface area contributed by atoms with Crippen LogP contribution in [0.5, 0.6) is 0 Å². The fourth-order valence-corrected chi connectivity index (χ4v) is 1.10. The van der Waals surface area contributed by atoms with Crippen molar-refractivity contribution >= 4 is 5.97 Å². The molecule has 0 atom stereocenters. The smallest absolute Gasteiger partial charge is 0.303 e. The molecule has 4 nitrogen and oxygen atoms in total. The summed E-state index contributed by atoms with van der Waals surface area (Å²) in [5.74, 6) is -0.783. The number of carboxylic acids is 1. The second-order valence-corrected chi connectivity index (χ2v) is 2.99. The van der Waals surface area contributed by atoms with E-state index in [9.17, 15) is 4.79 Å². The minimum absolute atomic E-state index is 0.145. The van der Waals surface area contributed by atoms with Gasteiger partial charge in [0.2, 0.25) is 0 Å². The summed E-state index contributed by atoms with van der Waals surface area (Å²) in [6.07, 6.45) is 0.670. The highest BCUT2D eigenvalue weighted by atomic mass is 16.4. The molecule has 0 saturated carbocycles. The summed E-state index contributed by atoms with van der Waals surface area (Å²) in [6, 6.07) is 1.88. The van der Waals surface area contributed by atoms with E-state index in [0.717, 1.165) is 17.0 Å². The van der Waals surface area contributed by atoms with E-state index in [4.69, 9.17) is 5.11 Å². The van der Waals surface area contributed by atoms with Crippen LogP contribution in [0.4, 0.5) is 0 Å². The second-order valence-electron chi connectivity index (χ2n) is 2.99. The number of carbonyl (C=O) groups is 1. The Morgan fingerprint density at radius 2 is 2.15 bits per heavy atom. The highest BCUT2D eigenvalue weighted by Crippen LogP contribution is 2.07. The van der Waals surface area contributed by atoms with Gasteiger partial charge in [-0.05, 0) is 31.9 Å². The largest absolute Gasteiger partial charge is 0.481 e. The Balaban J connectivity index is 2.75. The number of rotatable bonds is 3. The van der Waals surface area contributed by atoms with E-state index in [1.54, 1.807) is 0 Å². The van der Waals surface area contributed by atoms with Crippen molar-refractivity contribution in [2.24, 2.45) is 0 Å². The molecular weight excluding hydrogens is 168 g/mol. The van der Waals surface area contributed by atoms with Gasteiger partial charge in [-0.15, -0.1) is 0 Å². The van der Waals surface area contributed by atoms with Gasteiger partial charge < -0.3 is 5.11 Å². The molecule has 0 aromatic carbocycles. The Morgan fingerprint density at radius 3 is 2.77 bits per heavy atom. The van der Waals surface area contributed by atoms with Crippen LogP contribution in [0.15, 0.2) is 6.07 Å². The van der Waals surface area contributed by atoms with Crippen LogP contribution >= 0.6 is 0 Å². The molecule has 1 aromatic rings. The molecule has 0 aliphatic heterocycles. The van der Waals surface area contributed by atoms with Gasteiger partial charge in [0.25, 0.3) is 0 Å². The Hall–Kier alpha value is -1.45. The molecule has 13 heavy (non-hydrogen) atoms. The molecule has 0 unspecified atom stereocenters. The third kappa shape index (κ3) is 2.82. The molecule has 0 saturated heterocycles. The van der Waals surface area contributed by atoms with Crippen molar-refractivity contribution in [3.05, 3.63) is 23.0 Å². The Kier molecular flexibility index (Phi) is 2.95. The molecule has 0 bridgehead atoms. The van der Waals surface area contributed by atoms with E-state index in [-0.39, 0.29) is 6.42 Å². The number of aromatic nitrogens is 2. The Bertz CT molecular complexity index is 323. The number of aliphatic carboxylic acids is 1. The van der Waals surface area contributed by atoms with Crippen molar-refractivity contribution in [1.82, 2.24) is 10.2 Å². The van der Waals surface area contributed by atoms with Gasteiger partial charge in [0.05, 0.1) is 11.4 Å². The number of hydrogen-bond acceptors (Lipinski definition) is 3. The first-order chi connectivity index (χ1) is 6.09. The zero-order valence-corrected chi connectivity index (χ0v) is 7.74. The van der Waals surface area contributed by atoms with E-state index in [1.165, 1.54) is 0 Å². The lowest BCUT2D eigenvalue weighted by Crippen LogP contribution is -2.02. The maximum absolute atomic E-state index is 10.3. The molecule has 1 aromatic heterocycles. The van der Waals surface area contributed by atoms with E-state index < -0.39 is 5.97 Å². The molecule has 0 fully saturated rings. The van der Waals surface area contributed by atoms with Crippen molar-refractivity contribution < 1.29 is 9.90 Å². The van der Waals surface area contributed by atoms with E-state index >= 15 is 0 Å². The number of nitrogens with zero attached hydrogens (tertiary/aromatic N) is 2. The van der Waals surface area contributed by atoms with Crippen LogP contribution in [0, 0.1) is 13.8 Å². The minimum atomic E-state index is -0.783. The zero-order chi connectivity index (χ0) is 9.84. The van der Waals surface area contributed by atoms with Crippen LogP contribution in [0.1, 0.15) is 23.4 Å². The van der Waals surface area contributed by atoms with Crippen molar-refractivity contribution in [3.63, 3.8) is 0 Å². The van der Waals surface area contributed by atoms with E-state index in [2.05, 4.69) is 10.2 Å². The minimum Gasteiger partial charge on any atom is -0.481 e. The van der Waals surface area contributed by atoms with Gasteiger partial charge in [0, 0.05) is 6.42 Å². The lowest BCUT2D eigenvalue weighted by Gasteiger charge is -2.02. The fourth-order valence-electron chi connectivity index (χ4n) is 1.10. The first-order valence-corrected chi connectivity index (χ1v) is 4.11. The SMILES string of the molecule is Cc1cc(CCC(=O)O)c(C)nn1. The Labute approximate surface area is 76.6 Å². The van der Waals surface area contributed by atoms with Gasteiger partial charge in [0.15, 0.2) is 0 Å². The number of carboxylic acid groups (broad SMARTS) is 1. The van der Waals surface area contributed by atoms with E-state index in [0.29, 0.717) is 6.42 Å². The second kappa shape index (κ2) is 3.98. The summed E-state index contributed by atoms with van der Waals surface area (Å²) in [5.41, 5.74) is 2.60. The molecule has 1 rings (SSSR count). The lowest BCUT2D eigenvalue weighted by molar-refractivity contribution is -0.136. The highest BCUT2D eigenvalue weighted by Gasteiger charge is 2.03. The lowest BCUT2D eigenvalue weighted by atomic mass is 10.1. The quantitative estimate of drug-likeness (QED) is 0.756. The molecule has 1 heterocycles. The van der Waals surface area contributed by atoms with Gasteiger partial charge in [-0.2, -0.15) is 10.2 Å². The molecule has 1 N–H and O–H groups in total. The normalized spacial score (nSPS) is 10.0. The van der Waals surface area contributed by atoms with E-state index in [1.807, 2.05) is 19.9 Å². The van der Waals surface area contributed by atoms with Gasteiger partial charge >= 0.3 is 5.97 Å². The molecule has 0 aliphatic rings. The van der Waals surface area contributed by atoms with Crippen LogP contribution in [-0.2, 0) is 11.2 Å². The van der Waals surface area contributed by atoms with Gasteiger partial charge in [0.1, 0.15) is 0 Å². The van der Waals surface area contributed by atoms with Crippen molar-refractivity contribution in [3.8, 4) is 0 Å².